The van der Waals surface area contributed by atoms with Crippen molar-refractivity contribution in [2.75, 3.05) is 0 Å². The van der Waals surface area contributed by atoms with Gasteiger partial charge in [-0.1, -0.05) is 34.8 Å². The van der Waals surface area contributed by atoms with Gasteiger partial charge in [0.2, 0.25) is 0 Å². The summed E-state index contributed by atoms with van der Waals surface area (Å²) in [6, 6.07) is 0. The molecule has 0 atom stereocenters. The first-order valence-corrected chi connectivity index (χ1v) is 1.96. The summed E-state index contributed by atoms with van der Waals surface area (Å²) in [5, 5.41) is 0. The van der Waals surface area contributed by atoms with Crippen molar-refractivity contribution < 1.29 is 0 Å². The first-order valence-electron chi connectivity index (χ1n) is 0.655. The summed E-state index contributed by atoms with van der Waals surface area (Å²) in [4.78, 5) is 0. The number of halogens is 3. The summed E-state index contributed by atoms with van der Waals surface area (Å²) >= 11 is 14.4. The van der Waals surface area contributed by atoms with Gasteiger partial charge >= 0.3 is 19.8 Å². The predicted octanol–water partition coefficient (Wildman–Crippen LogP) is 0.802. The molecule has 0 aliphatic heterocycles. The van der Waals surface area contributed by atoms with E-state index in [1.807, 2.05) is 0 Å². The fourth-order valence-electron chi connectivity index (χ4n) is 0. The fraction of sp³-hybridized carbons (Fsp3) is 1.00. The zero-order valence-electron chi connectivity index (χ0n) is 1.71. The number of rotatable bonds is 0. The van der Waals surface area contributed by atoms with Crippen LogP contribution in [0.2, 0.25) is 0 Å². The van der Waals surface area contributed by atoms with Crippen molar-refractivity contribution in [2.45, 2.75) is 4.30 Å². The zero-order chi connectivity index (χ0) is 3.58. The SMILES string of the molecule is ClC(Cl)Cl.[GaH3]. The first-order chi connectivity index (χ1) is 1.73. The van der Waals surface area contributed by atoms with E-state index < -0.39 is 4.30 Å². The number of hydrogen-bond acceptors (Lipinski definition) is 0. The van der Waals surface area contributed by atoms with Crippen LogP contribution in [0.4, 0.5) is 0 Å². The van der Waals surface area contributed by atoms with Crippen LogP contribution in [0.25, 0.3) is 0 Å². The van der Waals surface area contributed by atoms with Crippen molar-refractivity contribution in [1.29, 1.82) is 0 Å². The quantitative estimate of drug-likeness (QED) is 0.393. The standard InChI is InChI=1S/CHCl3.Ga.3H/c2-1(3)4;;;;/h1H;;;;. The second kappa shape index (κ2) is 5.51. The maximum atomic E-state index is 4.81. The van der Waals surface area contributed by atoms with Gasteiger partial charge in [-0.05, 0) is 0 Å². The van der Waals surface area contributed by atoms with E-state index >= 15 is 0 Å². The Labute approximate surface area is 58.8 Å². The molecule has 5 heavy (non-hydrogen) atoms. The number of hydrogen-bond donors (Lipinski definition) is 0. The Morgan fingerprint density at radius 3 is 1.00 bits per heavy atom. The molecule has 0 aromatic rings. The van der Waals surface area contributed by atoms with E-state index in [1.54, 1.807) is 0 Å². The molecule has 0 unspecified atom stereocenters. The van der Waals surface area contributed by atoms with Crippen LogP contribution in [-0.4, -0.2) is 24.1 Å². The van der Waals surface area contributed by atoms with Gasteiger partial charge in [0, 0.05) is 0 Å². The Hall–Kier alpha value is 1.51. The monoisotopic (exact) mass is 190 g/mol. The molecule has 0 aromatic carbocycles. The Kier molecular flexibility index (Phi) is 10.7. The van der Waals surface area contributed by atoms with Gasteiger partial charge in [-0.25, -0.2) is 0 Å². The fourth-order valence-corrected chi connectivity index (χ4v) is 0. The van der Waals surface area contributed by atoms with Gasteiger partial charge in [0.1, 0.15) is 0 Å². The minimum atomic E-state index is -0.750. The van der Waals surface area contributed by atoms with Gasteiger partial charge in [-0.15, -0.1) is 0 Å². The maximum absolute atomic E-state index is 4.81. The van der Waals surface area contributed by atoms with Crippen LogP contribution in [0.5, 0.6) is 0 Å². The molecule has 0 radical (unpaired) electrons. The molecule has 0 aliphatic rings. The van der Waals surface area contributed by atoms with E-state index in [-0.39, 0.29) is 19.8 Å². The minimum absolute atomic E-state index is 0. The molecule has 0 rings (SSSR count). The van der Waals surface area contributed by atoms with Crippen LogP contribution in [0.3, 0.4) is 0 Å². The van der Waals surface area contributed by atoms with Crippen molar-refractivity contribution in [3.8, 4) is 0 Å². The average Bonchev–Trinajstić information content (AvgIpc) is 0.811. The molecule has 0 nitrogen and oxygen atoms in total. The summed E-state index contributed by atoms with van der Waals surface area (Å²) < 4.78 is -0.750. The van der Waals surface area contributed by atoms with Crippen LogP contribution in [0.15, 0.2) is 0 Å². The number of alkyl halides is 3. The Morgan fingerprint density at radius 2 is 1.00 bits per heavy atom. The van der Waals surface area contributed by atoms with E-state index in [1.165, 1.54) is 0 Å². The predicted molar refractivity (Wildman–Crippen MR) is 31.3 cm³/mol. The van der Waals surface area contributed by atoms with Gasteiger partial charge in [-0.3, -0.25) is 0 Å². The molecule has 0 aromatic heterocycles. The van der Waals surface area contributed by atoms with Gasteiger partial charge < -0.3 is 0 Å². The molecule has 0 N–H and O–H groups in total. The third-order valence-corrected chi connectivity index (χ3v) is 0. The molecule has 0 aliphatic carbocycles. The Morgan fingerprint density at radius 1 is 1.00 bits per heavy atom. The molecule has 4 heteroatoms. The topological polar surface area (TPSA) is 0 Å². The summed E-state index contributed by atoms with van der Waals surface area (Å²) in [6.07, 6.45) is 0. The molecule has 0 saturated carbocycles. The molecule has 0 fully saturated rings. The second-order valence-electron chi connectivity index (χ2n) is 0.247. The third-order valence-electron chi connectivity index (χ3n) is 0. The van der Waals surface area contributed by atoms with E-state index in [4.69, 9.17) is 34.8 Å². The zero-order valence-corrected chi connectivity index (χ0v) is 3.98. The van der Waals surface area contributed by atoms with Crippen molar-refractivity contribution in [3.05, 3.63) is 0 Å². The summed E-state index contributed by atoms with van der Waals surface area (Å²) in [5.41, 5.74) is 0. The van der Waals surface area contributed by atoms with Crippen molar-refractivity contribution in [1.82, 2.24) is 0 Å². The van der Waals surface area contributed by atoms with Crippen LogP contribution >= 0.6 is 34.8 Å². The van der Waals surface area contributed by atoms with E-state index in [9.17, 15) is 0 Å². The van der Waals surface area contributed by atoms with Crippen molar-refractivity contribution in [2.24, 2.45) is 0 Å². The van der Waals surface area contributed by atoms with E-state index in [0.717, 1.165) is 0 Å². The summed E-state index contributed by atoms with van der Waals surface area (Å²) in [6.45, 7) is 0. The second-order valence-corrected chi connectivity index (χ2v) is 2.23. The van der Waals surface area contributed by atoms with Gasteiger partial charge in [0.25, 0.3) is 0 Å². The Balaban J connectivity index is 0. The summed E-state index contributed by atoms with van der Waals surface area (Å²) in [5.74, 6) is 0. The molecule has 0 heterocycles. The molecule has 32 valence electrons. The van der Waals surface area contributed by atoms with Crippen LogP contribution in [0.1, 0.15) is 0 Å². The molecule has 0 amide bonds. The normalized spacial score (nSPS) is 7.20. The van der Waals surface area contributed by atoms with Gasteiger partial charge in [0.15, 0.2) is 4.30 Å². The van der Waals surface area contributed by atoms with Gasteiger partial charge in [-0.2, -0.15) is 0 Å². The van der Waals surface area contributed by atoms with Crippen molar-refractivity contribution >= 4 is 54.6 Å². The molecule has 0 bridgehead atoms. The van der Waals surface area contributed by atoms with Crippen LogP contribution in [-0.2, 0) is 0 Å². The summed E-state index contributed by atoms with van der Waals surface area (Å²) in [7, 11) is 0. The van der Waals surface area contributed by atoms with E-state index in [2.05, 4.69) is 0 Å². The van der Waals surface area contributed by atoms with Crippen molar-refractivity contribution in [3.63, 3.8) is 0 Å². The van der Waals surface area contributed by atoms with Crippen LogP contribution in [0, 0.1) is 0 Å². The molecular formula is CH4Cl3Ga. The molecular weight excluding hydrogens is 188 g/mol. The molecule has 0 saturated heterocycles. The van der Waals surface area contributed by atoms with Gasteiger partial charge in [0.05, 0.1) is 0 Å². The Bertz CT molecular complexity index is 11.6. The molecule has 0 spiro atoms. The van der Waals surface area contributed by atoms with E-state index in [0.29, 0.717) is 0 Å². The van der Waals surface area contributed by atoms with Crippen LogP contribution < -0.4 is 0 Å². The first kappa shape index (κ1) is 9.71. The third kappa shape index (κ3) is 29.8. The average molecular weight is 192 g/mol.